The first-order valence-corrected chi connectivity index (χ1v) is 13.0. The number of halogens is 2. The molecule has 2 fully saturated rings. The first-order chi connectivity index (χ1) is 18.2. The molecule has 0 bridgehead atoms. The Hall–Kier alpha value is -3.56. The van der Waals surface area contributed by atoms with Gasteiger partial charge in [-0.2, -0.15) is 0 Å². The monoisotopic (exact) mass is 529 g/mol. The zero-order valence-electron chi connectivity index (χ0n) is 20.9. The molecule has 2 aliphatic heterocycles. The van der Waals surface area contributed by atoms with Gasteiger partial charge < -0.3 is 29.4 Å². The summed E-state index contributed by atoms with van der Waals surface area (Å²) >= 11 is 0. The van der Waals surface area contributed by atoms with Crippen LogP contribution in [0.3, 0.4) is 0 Å². The molecule has 0 radical (unpaired) electrons. The summed E-state index contributed by atoms with van der Waals surface area (Å²) in [6.45, 7) is 0. The first kappa shape index (κ1) is 24.8. The Morgan fingerprint density at radius 3 is 2.42 bits per heavy atom. The van der Waals surface area contributed by atoms with E-state index >= 15 is 0 Å². The highest BCUT2D eigenvalue weighted by molar-refractivity contribution is 5.92. The summed E-state index contributed by atoms with van der Waals surface area (Å²) in [5, 5.41) is 12.6. The molecule has 2 heterocycles. The maximum atomic E-state index is 13.7. The topological polar surface area (TPSA) is 103 Å². The van der Waals surface area contributed by atoms with E-state index in [0.717, 1.165) is 18.4 Å². The van der Waals surface area contributed by atoms with Gasteiger partial charge >= 0.3 is 12.3 Å². The van der Waals surface area contributed by atoms with Crippen molar-refractivity contribution < 1.29 is 42.4 Å². The minimum atomic E-state index is -3.72. The van der Waals surface area contributed by atoms with Gasteiger partial charge in [-0.3, -0.25) is 9.59 Å². The molecule has 1 amide bonds. The van der Waals surface area contributed by atoms with Crippen molar-refractivity contribution in [1.82, 2.24) is 5.32 Å². The van der Waals surface area contributed by atoms with E-state index < -0.39 is 17.7 Å². The summed E-state index contributed by atoms with van der Waals surface area (Å²) in [7, 11) is 1.58. The average Bonchev–Trinajstić information content (AvgIpc) is 3.65. The third-order valence-electron chi connectivity index (χ3n) is 8.43. The molecular weight excluding hydrogens is 500 g/mol. The Balaban J connectivity index is 1.23. The molecule has 4 aliphatic rings. The fraction of sp³-hybridized carbons (Fsp3) is 0.500. The van der Waals surface area contributed by atoms with Crippen LogP contribution in [0.4, 0.5) is 8.78 Å². The Morgan fingerprint density at radius 2 is 1.74 bits per heavy atom. The Morgan fingerprint density at radius 1 is 1.00 bits per heavy atom. The van der Waals surface area contributed by atoms with Crippen molar-refractivity contribution in [2.24, 2.45) is 11.8 Å². The van der Waals surface area contributed by atoms with E-state index in [-0.39, 0.29) is 41.4 Å². The zero-order chi connectivity index (χ0) is 26.7. The van der Waals surface area contributed by atoms with Gasteiger partial charge in [-0.1, -0.05) is 6.07 Å². The molecule has 2 atom stereocenters. The van der Waals surface area contributed by atoms with Gasteiger partial charge in [0.05, 0.1) is 24.5 Å². The number of methoxy groups -OCH3 is 1. The minimum absolute atomic E-state index is 0.0530. The summed E-state index contributed by atoms with van der Waals surface area (Å²) in [5.41, 5.74) is 0.632. The molecule has 0 spiro atoms. The number of carboxylic acid groups (broad SMARTS) is 1. The van der Waals surface area contributed by atoms with Crippen LogP contribution in [0.25, 0.3) is 0 Å². The summed E-state index contributed by atoms with van der Waals surface area (Å²) in [5.74, 6) is 0.0697. The molecule has 2 N–H and O–H groups in total. The van der Waals surface area contributed by atoms with Gasteiger partial charge in [-0.05, 0) is 74.3 Å². The van der Waals surface area contributed by atoms with E-state index in [1.54, 1.807) is 13.2 Å². The smallest absolute Gasteiger partial charge is 0.497 e. The van der Waals surface area contributed by atoms with Crippen molar-refractivity contribution in [1.29, 1.82) is 0 Å². The van der Waals surface area contributed by atoms with Crippen LogP contribution in [0, 0.1) is 11.8 Å². The van der Waals surface area contributed by atoms with Crippen LogP contribution in [0.5, 0.6) is 23.0 Å². The summed E-state index contributed by atoms with van der Waals surface area (Å²) in [6, 6.07) is 9.73. The van der Waals surface area contributed by atoms with Crippen molar-refractivity contribution in [3.05, 3.63) is 47.5 Å². The van der Waals surface area contributed by atoms with E-state index in [1.165, 1.54) is 12.1 Å². The number of aliphatic carboxylic acids is 1. The molecule has 0 aromatic heterocycles. The Kier molecular flexibility index (Phi) is 5.88. The van der Waals surface area contributed by atoms with Crippen LogP contribution in [-0.2, 0) is 15.0 Å². The first-order valence-electron chi connectivity index (χ1n) is 13.0. The lowest BCUT2D eigenvalue weighted by Gasteiger charge is -2.39. The van der Waals surface area contributed by atoms with Crippen LogP contribution in [0.2, 0.25) is 0 Å². The van der Waals surface area contributed by atoms with Crippen LogP contribution in [0.15, 0.2) is 36.4 Å². The van der Waals surface area contributed by atoms with Crippen molar-refractivity contribution in [3.63, 3.8) is 0 Å². The molecule has 2 aromatic carbocycles. The molecule has 2 aliphatic carbocycles. The van der Waals surface area contributed by atoms with Crippen LogP contribution in [-0.4, -0.2) is 36.5 Å². The molecular formula is C28H29F2NO7. The molecule has 0 unspecified atom stereocenters. The number of rotatable bonds is 6. The molecule has 0 saturated heterocycles. The number of carbonyl (C=O) groups excluding carboxylic acids is 1. The maximum absolute atomic E-state index is 13.7. The maximum Gasteiger partial charge on any atom is 0.586 e. The second kappa shape index (κ2) is 9.03. The predicted octanol–water partition coefficient (Wildman–Crippen LogP) is 4.95. The Bertz CT molecular complexity index is 1270. The number of nitrogens with one attached hydrogen (secondary N) is 1. The molecule has 6 rings (SSSR count). The molecule has 38 heavy (non-hydrogen) atoms. The number of alkyl halides is 2. The third kappa shape index (κ3) is 4.39. The number of ether oxygens (including phenoxy) is 4. The quantitative estimate of drug-likeness (QED) is 0.546. The van der Waals surface area contributed by atoms with E-state index in [4.69, 9.17) is 9.47 Å². The van der Waals surface area contributed by atoms with Crippen molar-refractivity contribution in [2.75, 3.05) is 7.11 Å². The number of carboxylic acids is 1. The van der Waals surface area contributed by atoms with Gasteiger partial charge in [0.25, 0.3) is 0 Å². The molecule has 2 aromatic rings. The van der Waals surface area contributed by atoms with Crippen molar-refractivity contribution in [2.45, 2.75) is 68.8 Å². The highest BCUT2D eigenvalue weighted by Crippen LogP contribution is 2.53. The van der Waals surface area contributed by atoms with Crippen LogP contribution < -0.4 is 24.3 Å². The molecule has 10 heteroatoms. The number of carbonyl (C=O) groups is 2. The number of fused-ring (bicyclic) bond motifs is 2. The molecule has 2 saturated carbocycles. The SMILES string of the molecule is COc1ccc2c(c1)O[C@@H]([C@H]1CC[C@H](C(=O)O)CC1)C[C@H]2NC(=O)C1(c2ccc3c(c2)OC(F)(F)O3)CC1. The van der Waals surface area contributed by atoms with Gasteiger partial charge in [-0.25, -0.2) is 0 Å². The largest absolute Gasteiger partial charge is 0.586 e. The number of benzene rings is 2. The third-order valence-corrected chi connectivity index (χ3v) is 8.43. The van der Waals surface area contributed by atoms with Gasteiger partial charge in [0.1, 0.15) is 17.6 Å². The molecule has 202 valence electrons. The second-order valence-corrected chi connectivity index (χ2v) is 10.7. The van der Waals surface area contributed by atoms with Crippen molar-refractivity contribution >= 4 is 11.9 Å². The number of hydrogen-bond donors (Lipinski definition) is 2. The number of amides is 1. The van der Waals surface area contributed by atoms with E-state index in [0.29, 0.717) is 49.2 Å². The van der Waals surface area contributed by atoms with E-state index in [1.807, 2.05) is 18.2 Å². The summed E-state index contributed by atoms with van der Waals surface area (Å²) in [6.07, 6.45) is 0.537. The average molecular weight is 530 g/mol. The van der Waals surface area contributed by atoms with E-state index in [9.17, 15) is 23.5 Å². The lowest BCUT2D eigenvalue weighted by Crippen LogP contribution is -2.43. The highest BCUT2D eigenvalue weighted by Gasteiger charge is 2.53. The lowest BCUT2D eigenvalue weighted by atomic mass is 9.77. The van der Waals surface area contributed by atoms with Crippen LogP contribution in [0.1, 0.15) is 62.1 Å². The van der Waals surface area contributed by atoms with Crippen molar-refractivity contribution in [3.8, 4) is 23.0 Å². The fourth-order valence-electron chi connectivity index (χ4n) is 6.08. The number of hydrogen-bond acceptors (Lipinski definition) is 6. The summed E-state index contributed by atoms with van der Waals surface area (Å²) in [4.78, 5) is 25.1. The van der Waals surface area contributed by atoms with E-state index in [2.05, 4.69) is 14.8 Å². The zero-order valence-corrected chi connectivity index (χ0v) is 20.9. The second-order valence-electron chi connectivity index (χ2n) is 10.7. The van der Waals surface area contributed by atoms with Gasteiger partial charge in [0.15, 0.2) is 11.5 Å². The lowest BCUT2D eigenvalue weighted by molar-refractivity contribution is -0.286. The molecule has 8 nitrogen and oxygen atoms in total. The van der Waals surface area contributed by atoms with Gasteiger partial charge in [0.2, 0.25) is 5.91 Å². The standard InChI is InChI=1S/C28H29F2NO7/c1-35-18-7-8-19-20(14-22(36-23(19)13-18)15-2-4-16(5-3-15)25(32)33)31-26(34)27(10-11-27)17-6-9-21-24(12-17)38-28(29,30)37-21/h6-9,12-13,15-16,20,22H,2-5,10-11,14H2,1H3,(H,31,34)(H,32,33)/t15-,16-,20-,22-/m1/s1. The summed E-state index contributed by atoms with van der Waals surface area (Å²) < 4.78 is 47.9. The fourth-order valence-corrected chi connectivity index (χ4v) is 6.08. The van der Waals surface area contributed by atoms with Gasteiger partial charge in [0, 0.05) is 18.1 Å². The minimum Gasteiger partial charge on any atom is -0.497 e. The van der Waals surface area contributed by atoms with Crippen LogP contribution >= 0.6 is 0 Å². The normalized spacial score (nSPS) is 28.0. The predicted molar refractivity (Wildman–Crippen MR) is 130 cm³/mol. The Labute approximate surface area is 218 Å². The highest BCUT2D eigenvalue weighted by atomic mass is 19.3. The van der Waals surface area contributed by atoms with Gasteiger partial charge in [-0.15, -0.1) is 8.78 Å².